The molecule has 2 rings (SSSR count). The largest absolute Gasteiger partial charge is 0.490 e. The minimum Gasteiger partial charge on any atom is -0.490 e. The summed E-state index contributed by atoms with van der Waals surface area (Å²) < 4.78 is 5.07. The number of methoxy groups -OCH3 is 1. The van der Waals surface area contributed by atoms with Crippen LogP contribution in [0, 0.1) is 10.1 Å². The van der Waals surface area contributed by atoms with Gasteiger partial charge in [0.1, 0.15) is 0 Å². The van der Waals surface area contributed by atoms with Gasteiger partial charge in [0, 0.05) is 24.5 Å². The number of hydrogen-bond donors (Lipinski definition) is 0. The number of benzene rings is 1. The van der Waals surface area contributed by atoms with Crippen molar-refractivity contribution in [1.82, 2.24) is 4.90 Å². The molecule has 1 aliphatic carbocycles. The Morgan fingerprint density at radius 3 is 2.75 bits per heavy atom. The molecule has 0 bridgehead atoms. The number of carbonyl (C=O) groups excluding carboxylic acids is 1. The first-order valence-electron chi connectivity index (χ1n) is 6.28. The minimum absolute atomic E-state index is 0.00252. The van der Waals surface area contributed by atoms with Gasteiger partial charge in [-0.15, -0.1) is 11.6 Å². The Labute approximate surface area is 121 Å². The lowest BCUT2D eigenvalue weighted by Crippen LogP contribution is -2.35. The molecule has 0 unspecified atom stereocenters. The SMILES string of the molecule is COc1c(C(=O)N(CCCl)C2CC2)cccc1[N+](=O)[O-]. The number of hydrogen-bond acceptors (Lipinski definition) is 4. The van der Waals surface area contributed by atoms with Gasteiger partial charge in [0.25, 0.3) is 5.91 Å². The van der Waals surface area contributed by atoms with Gasteiger partial charge in [0.05, 0.1) is 17.6 Å². The molecular weight excluding hydrogens is 284 g/mol. The molecule has 0 spiro atoms. The highest BCUT2D eigenvalue weighted by molar-refractivity contribution is 6.18. The Morgan fingerprint density at radius 1 is 1.55 bits per heavy atom. The molecule has 1 fully saturated rings. The summed E-state index contributed by atoms with van der Waals surface area (Å²) >= 11 is 5.72. The van der Waals surface area contributed by atoms with E-state index in [1.807, 2.05) is 0 Å². The molecule has 7 heteroatoms. The zero-order chi connectivity index (χ0) is 14.7. The van der Waals surface area contributed by atoms with Crippen molar-refractivity contribution in [2.75, 3.05) is 19.5 Å². The van der Waals surface area contributed by atoms with E-state index in [0.717, 1.165) is 12.8 Å². The molecule has 1 aromatic carbocycles. The maximum atomic E-state index is 12.5. The zero-order valence-electron chi connectivity index (χ0n) is 11.0. The second kappa shape index (κ2) is 6.09. The summed E-state index contributed by atoms with van der Waals surface area (Å²) in [7, 11) is 1.32. The van der Waals surface area contributed by atoms with Crippen LogP contribution in [0.15, 0.2) is 18.2 Å². The van der Waals surface area contributed by atoms with Gasteiger partial charge in [0.15, 0.2) is 0 Å². The van der Waals surface area contributed by atoms with Crippen LogP contribution in [0.5, 0.6) is 5.75 Å². The first kappa shape index (κ1) is 14.6. The van der Waals surface area contributed by atoms with E-state index in [0.29, 0.717) is 12.4 Å². The number of halogens is 1. The van der Waals surface area contributed by atoms with Gasteiger partial charge in [-0.2, -0.15) is 0 Å². The van der Waals surface area contributed by atoms with Crippen molar-refractivity contribution in [2.45, 2.75) is 18.9 Å². The Balaban J connectivity index is 2.37. The normalized spacial score (nSPS) is 13.9. The smallest absolute Gasteiger partial charge is 0.311 e. The van der Waals surface area contributed by atoms with E-state index >= 15 is 0 Å². The Kier molecular flexibility index (Phi) is 4.44. The van der Waals surface area contributed by atoms with Gasteiger partial charge in [-0.25, -0.2) is 0 Å². The molecule has 0 aliphatic heterocycles. The monoisotopic (exact) mass is 298 g/mol. The number of carbonyl (C=O) groups is 1. The second-order valence-corrected chi connectivity index (χ2v) is 4.91. The average Bonchev–Trinajstić information content (AvgIpc) is 3.27. The lowest BCUT2D eigenvalue weighted by atomic mass is 10.1. The van der Waals surface area contributed by atoms with Crippen molar-refractivity contribution in [1.29, 1.82) is 0 Å². The summed E-state index contributed by atoms with van der Waals surface area (Å²) in [6.45, 7) is 0.427. The van der Waals surface area contributed by atoms with Crippen LogP contribution in [0.3, 0.4) is 0 Å². The van der Waals surface area contributed by atoms with Crippen LogP contribution >= 0.6 is 11.6 Å². The Hall–Kier alpha value is -1.82. The maximum absolute atomic E-state index is 12.5. The van der Waals surface area contributed by atoms with Crippen molar-refractivity contribution in [3.05, 3.63) is 33.9 Å². The topological polar surface area (TPSA) is 72.7 Å². The molecule has 1 aliphatic rings. The highest BCUT2D eigenvalue weighted by atomic mass is 35.5. The van der Waals surface area contributed by atoms with Gasteiger partial charge in [-0.3, -0.25) is 14.9 Å². The van der Waals surface area contributed by atoms with E-state index < -0.39 is 4.92 Å². The van der Waals surface area contributed by atoms with Crippen LogP contribution in [-0.2, 0) is 0 Å². The van der Waals surface area contributed by atoms with E-state index in [4.69, 9.17) is 16.3 Å². The summed E-state index contributed by atoms with van der Waals surface area (Å²) in [4.78, 5) is 24.6. The van der Waals surface area contributed by atoms with Crippen molar-refractivity contribution in [2.24, 2.45) is 0 Å². The molecular formula is C13H15ClN2O4. The molecule has 0 radical (unpaired) electrons. The minimum atomic E-state index is -0.557. The van der Waals surface area contributed by atoms with E-state index in [-0.39, 0.29) is 28.9 Å². The van der Waals surface area contributed by atoms with Gasteiger partial charge in [0.2, 0.25) is 5.75 Å². The number of rotatable bonds is 6. The number of ether oxygens (including phenoxy) is 1. The highest BCUT2D eigenvalue weighted by Gasteiger charge is 2.35. The lowest BCUT2D eigenvalue weighted by Gasteiger charge is -2.22. The molecule has 108 valence electrons. The van der Waals surface area contributed by atoms with Crippen LogP contribution < -0.4 is 4.74 Å². The predicted molar refractivity (Wildman–Crippen MR) is 74.4 cm³/mol. The van der Waals surface area contributed by atoms with Crippen molar-refractivity contribution < 1.29 is 14.5 Å². The van der Waals surface area contributed by atoms with Crippen LogP contribution in [0.25, 0.3) is 0 Å². The summed E-state index contributed by atoms with van der Waals surface area (Å²) in [5.41, 5.74) is -0.00122. The van der Waals surface area contributed by atoms with Crippen LogP contribution in [-0.4, -0.2) is 41.3 Å². The Bertz CT molecular complexity index is 531. The van der Waals surface area contributed by atoms with Crippen molar-refractivity contribution >= 4 is 23.2 Å². The predicted octanol–water partition coefficient (Wildman–Crippen LogP) is 2.45. The fourth-order valence-electron chi connectivity index (χ4n) is 2.13. The third kappa shape index (κ3) is 2.85. The first-order valence-corrected chi connectivity index (χ1v) is 6.82. The molecule has 6 nitrogen and oxygen atoms in total. The highest BCUT2D eigenvalue weighted by Crippen LogP contribution is 2.34. The number of amides is 1. The standard InChI is InChI=1S/C13H15ClN2O4/c1-20-12-10(3-2-4-11(12)16(18)19)13(17)15(8-7-14)9-5-6-9/h2-4,9H,5-8H2,1H3. The number of nitrogens with zero attached hydrogens (tertiary/aromatic N) is 2. The molecule has 0 N–H and O–H groups in total. The van der Waals surface area contributed by atoms with Crippen LogP contribution in [0.2, 0.25) is 0 Å². The van der Waals surface area contributed by atoms with E-state index in [2.05, 4.69) is 0 Å². The molecule has 1 saturated carbocycles. The molecule has 1 amide bonds. The maximum Gasteiger partial charge on any atom is 0.311 e. The van der Waals surface area contributed by atoms with Gasteiger partial charge in [-0.1, -0.05) is 6.07 Å². The summed E-state index contributed by atoms with van der Waals surface area (Å²) in [5, 5.41) is 11.0. The van der Waals surface area contributed by atoms with Crippen molar-refractivity contribution in [3.8, 4) is 5.75 Å². The molecule has 0 heterocycles. The average molecular weight is 299 g/mol. The summed E-state index contributed by atoms with van der Waals surface area (Å²) in [6.07, 6.45) is 1.89. The van der Waals surface area contributed by atoms with Crippen LogP contribution in [0.4, 0.5) is 5.69 Å². The fraction of sp³-hybridized carbons (Fsp3) is 0.462. The quantitative estimate of drug-likeness (QED) is 0.459. The van der Waals surface area contributed by atoms with Crippen molar-refractivity contribution in [3.63, 3.8) is 0 Å². The van der Waals surface area contributed by atoms with Crippen LogP contribution in [0.1, 0.15) is 23.2 Å². The number of para-hydroxylation sites is 1. The molecule has 1 aromatic rings. The second-order valence-electron chi connectivity index (χ2n) is 4.53. The number of alkyl halides is 1. The van der Waals surface area contributed by atoms with Gasteiger partial charge >= 0.3 is 5.69 Å². The number of nitro groups is 1. The third-order valence-electron chi connectivity index (χ3n) is 3.20. The molecule has 0 atom stereocenters. The molecule has 0 aromatic heterocycles. The van der Waals surface area contributed by atoms with E-state index in [9.17, 15) is 14.9 Å². The lowest BCUT2D eigenvalue weighted by molar-refractivity contribution is -0.385. The third-order valence-corrected chi connectivity index (χ3v) is 3.37. The van der Waals surface area contributed by atoms with Gasteiger partial charge < -0.3 is 9.64 Å². The van der Waals surface area contributed by atoms with E-state index in [1.165, 1.54) is 25.3 Å². The van der Waals surface area contributed by atoms with E-state index in [1.54, 1.807) is 4.90 Å². The molecule has 20 heavy (non-hydrogen) atoms. The summed E-state index contributed by atoms with van der Waals surface area (Å²) in [6, 6.07) is 4.53. The zero-order valence-corrected chi connectivity index (χ0v) is 11.8. The summed E-state index contributed by atoms with van der Waals surface area (Å²) in [5.74, 6) is 0.0656. The first-order chi connectivity index (χ1) is 9.60. The number of nitro benzene ring substituents is 1. The fourth-order valence-corrected chi connectivity index (χ4v) is 2.32. The molecule has 0 saturated heterocycles. The van der Waals surface area contributed by atoms with Gasteiger partial charge in [-0.05, 0) is 18.9 Å². The Morgan fingerprint density at radius 2 is 2.25 bits per heavy atom.